The van der Waals surface area contributed by atoms with Gasteiger partial charge >= 0.3 is 6.18 Å². The molecule has 0 aliphatic carbocycles. The molecule has 0 aliphatic heterocycles. The molecule has 104 valence electrons. The van der Waals surface area contributed by atoms with Crippen molar-refractivity contribution >= 4 is 9.84 Å². The van der Waals surface area contributed by atoms with Gasteiger partial charge in [0.15, 0.2) is 9.84 Å². The Bertz CT molecular complexity index is 312. The van der Waals surface area contributed by atoms with Gasteiger partial charge in [0.25, 0.3) is 0 Å². The van der Waals surface area contributed by atoms with Gasteiger partial charge in [0, 0.05) is 6.54 Å². The van der Waals surface area contributed by atoms with E-state index in [1.165, 1.54) is 6.92 Å². The molecule has 0 saturated carbocycles. The molecule has 0 spiro atoms. The average Bonchev–Trinajstić information content (AvgIpc) is 2.12. The van der Waals surface area contributed by atoms with Crippen LogP contribution in [0.4, 0.5) is 13.2 Å². The third kappa shape index (κ3) is 8.43. The molecule has 0 fully saturated rings. The number of hydrogen-bond acceptors (Lipinski definition) is 3. The second-order valence-corrected chi connectivity index (χ2v) is 7.14. The lowest BCUT2D eigenvalue weighted by Gasteiger charge is -2.15. The van der Waals surface area contributed by atoms with Crippen molar-refractivity contribution in [1.29, 1.82) is 0 Å². The van der Waals surface area contributed by atoms with E-state index in [2.05, 4.69) is 5.32 Å². The van der Waals surface area contributed by atoms with Crippen LogP contribution in [0.15, 0.2) is 0 Å². The number of hydrogen-bond donors (Lipinski definition) is 1. The van der Waals surface area contributed by atoms with E-state index in [0.717, 1.165) is 0 Å². The Labute approximate surface area is 101 Å². The summed E-state index contributed by atoms with van der Waals surface area (Å²) < 4.78 is 58.9. The molecule has 0 aromatic heterocycles. The SMILES string of the molecule is CC(C)CCS(=O)(=O)C(C)CNCC(F)(F)F. The molecule has 0 aromatic rings. The molecule has 7 heteroatoms. The standard InChI is InChI=1S/C10H20F3NO2S/c1-8(2)4-5-17(15,16)9(3)6-14-7-10(11,12)13/h8-9,14H,4-7H2,1-3H3. The van der Waals surface area contributed by atoms with E-state index in [4.69, 9.17) is 0 Å². The van der Waals surface area contributed by atoms with Crippen molar-refractivity contribution in [1.82, 2.24) is 5.32 Å². The van der Waals surface area contributed by atoms with Crippen LogP contribution in [0.3, 0.4) is 0 Å². The summed E-state index contributed by atoms with van der Waals surface area (Å²) in [6.07, 6.45) is -3.77. The van der Waals surface area contributed by atoms with Crippen molar-refractivity contribution < 1.29 is 21.6 Å². The van der Waals surface area contributed by atoms with Gasteiger partial charge in [-0.15, -0.1) is 0 Å². The minimum absolute atomic E-state index is 0.0273. The molecular weight excluding hydrogens is 255 g/mol. The van der Waals surface area contributed by atoms with E-state index in [0.29, 0.717) is 6.42 Å². The minimum Gasteiger partial charge on any atom is -0.307 e. The summed E-state index contributed by atoms with van der Waals surface area (Å²) >= 11 is 0. The zero-order chi connectivity index (χ0) is 13.7. The topological polar surface area (TPSA) is 46.2 Å². The van der Waals surface area contributed by atoms with Crippen LogP contribution in [-0.4, -0.2) is 38.7 Å². The van der Waals surface area contributed by atoms with Gasteiger partial charge in [0.2, 0.25) is 0 Å². The molecule has 0 aromatic carbocycles. The minimum atomic E-state index is -4.30. The molecule has 0 amide bonds. The first-order chi connectivity index (χ1) is 7.54. The molecule has 1 N–H and O–H groups in total. The normalized spacial score (nSPS) is 15.2. The van der Waals surface area contributed by atoms with Gasteiger partial charge in [-0.05, 0) is 19.3 Å². The molecule has 17 heavy (non-hydrogen) atoms. The number of rotatable bonds is 7. The summed E-state index contributed by atoms with van der Waals surface area (Å²) in [7, 11) is -3.30. The molecule has 0 bridgehead atoms. The van der Waals surface area contributed by atoms with Gasteiger partial charge < -0.3 is 5.32 Å². The quantitative estimate of drug-likeness (QED) is 0.773. The molecule has 0 aliphatic rings. The summed E-state index contributed by atoms with van der Waals surface area (Å²) in [5, 5.41) is 1.33. The Morgan fingerprint density at radius 2 is 1.71 bits per heavy atom. The van der Waals surface area contributed by atoms with Crippen LogP contribution in [0.25, 0.3) is 0 Å². The van der Waals surface area contributed by atoms with Crippen molar-refractivity contribution in [2.24, 2.45) is 5.92 Å². The summed E-state index contributed by atoms with van der Waals surface area (Å²) in [6.45, 7) is 3.92. The average molecular weight is 275 g/mol. The summed E-state index contributed by atoms with van der Waals surface area (Å²) in [4.78, 5) is 0. The van der Waals surface area contributed by atoms with E-state index < -0.39 is 27.8 Å². The maximum absolute atomic E-state index is 11.8. The van der Waals surface area contributed by atoms with Gasteiger partial charge in [-0.3, -0.25) is 0 Å². The molecule has 1 atom stereocenters. The largest absolute Gasteiger partial charge is 0.401 e. The van der Waals surface area contributed by atoms with Gasteiger partial charge in [0.1, 0.15) is 0 Å². The number of sulfone groups is 1. The molecule has 0 radical (unpaired) electrons. The monoisotopic (exact) mass is 275 g/mol. The van der Waals surface area contributed by atoms with Crippen molar-refractivity contribution in [3.05, 3.63) is 0 Å². The van der Waals surface area contributed by atoms with E-state index in [-0.39, 0.29) is 18.2 Å². The second kappa shape index (κ2) is 6.58. The Morgan fingerprint density at radius 1 is 1.18 bits per heavy atom. The van der Waals surface area contributed by atoms with E-state index in [9.17, 15) is 21.6 Å². The van der Waals surface area contributed by atoms with Gasteiger partial charge in [-0.25, -0.2) is 8.42 Å². The lowest BCUT2D eigenvalue weighted by atomic mass is 10.2. The third-order valence-electron chi connectivity index (χ3n) is 2.35. The smallest absolute Gasteiger partial charge is 0.307 e. The van der Waals surface area contributed by atoms with Gasteiger partial charge in [-0.2, -0.15) is 13.2 Å². The van der Waals surface area contributed by atoms with Gasteiger partial charge in [0.05, 0.1) is 17.5 Å². The first-order valence-electron chi connectivity index (χ1n) is 5.53. The van der Waals surface area contributed by atoms with Crippen molar-refractivity contribution in [2.75, 3.05) is 18.8 Å². The fraction of sp³-hybridized carbons (Fsp3) is 1.00. The predicted molar refractivity (Wildman–Crippen MR) is 61.6 cm³/mol. The zero-order valence-electron chi connectivity index (χ0n) is 10.3. The number of nitrogens with one attached hydrogen (secondary N) is 1. The fourth-order valence-electron chi connectivity index (χ4n) is 1.15. The summed E-state index contributed by atoms with van der Waals surface area (Å²) in [5.41, 5.74) is 0. The van der Waals surface area contributed by atoms with Crippen LogP contribution < -0.4 is 5.32 Å². The molecule has 0 heterocycles. The second-order valence-electron chi connectivity index (χ2n) is 4.61. The van der Waals surface area contributed by atoms with Crippen LogP contribution in [0, 0.1) is 5.92 Å². The van der Waals surface area contributed by atoms with Gasteiger partial charge in [-0.1, -0.05) is 13.8 Å². The van der Waals surface area contributed by atoms with E-state index in [1.54, 1.807) is 0 Å². The van der Waals surface area contributed by atoms with E-state index >= 15 is 0 Å². The molecular formula is C10H20F3NO2S. The highest BCUT2D eigenvalue weighted by Gasteiger charge is 2.28. The Balaban J connectivity index is 4.08. The van der Waals surface area contributed by atoms with Crippen molar-refractivity contribution in [3.8, 4) is 0 Å². The highest BCUT2D eigenvalue weighted by atomic mass is 32.2. The first kappa shape index (κ1) is 16.7. The van der Waals surface area contributed by atoms with Crippen molar-refractivity contribution in [3.63, 3.8) is 0 Å². The van der Waals surface area contributed by atoms with Crippen molar-refractivity contribution in [2.45, 2.75) is 38.6 Å². The Kier molecular flexibility index (Phi) is 6.47. The maximum atomic E-state index is 11.8. The predicted octanol–water partition coefficient (Wildman–Crippen LogP) is 1.99. The molecule has 1 unspecified atom stereocenters. The highest BCUT2D eigenvalue weighted by molar-refractivity contribution is 7.92. The zero-order valence-corrected chi connectivity index (χ0v) is 11.2. The van der Waals surface area contributed by atoms with Crippen LogP contribution in [-0.2, 0) is 9.84 Å². The Hall–Kier alpha value is -0.300. The summed E-state index contributed by atoms with van der Waals surface area (Å²) in [6, 6.07) is 0. The fourth-order valence-corrected chi connectivity index (χ4v) is 2.72. The van der Waals surface area contributed by atoms with Crippen LogP contribution >= 0.6 is 0 Å². The third-order valence-corrected chi connectivity index (χ3v) is 4.55. The molecule has 0 rings (SSSR count). The summed E-state index contributed by atoms with van der Waals surface area (Å²) in [5.74, 6) is 0.291. The maximum Gasteiger partial charge on any atom is 0.401 e. The first-order valence-corrected chi connectivity index (χ1v) is 7.25. The molecule has 3 nitrogen and oxygen atoms in total. The van der Waals surface area contributed by atoms with Crippen LogP contribution in [0.5, 0.6) is 0 Å². The Morgan fingerprint density at radius 3 is 2.12 bits per heavy atom. The van der Waals surface area contributed by atoms with Crippen LogP contribution in [0.2, 0.25) is 0 Å². The van der Waals surface area contributed by atoms with E-state index in [1.807, 2.05) is 13.8 Å². The number of halogens is 3. The lowest BCUT2D eigenvalue weighted by Crippen LogP contribution is -2.37. The lowest BCUT2D eigenvalue weighted by molar-refractivity contribution is -0.124. The highest BCUT2D eigenvalue weighted by Crippen LogP contribution is 2.13. The molecule has 0 saturated heterocycles. The van der Waals surface area contributed by atoms with Crippen LogP contribution in [0.1, 0.15) is 27.2 Å². The number of alkyl halides is 3.